The average Bonchev–Trinajstić information content (AvgIpc) is 1.59. The summed E-state index contributed by atoms with van der Waals surface area (Å²) in [7, 11) is 1.17. The maximum atomic E-state index is 2.51. The largest absolute Gasteiger partial charge is 1.00 e. The Bertz CT molecular complexity index is 103. The first kappa shape index (κ1) is 14.3. The molecule has 1 nitrogen and oxygen atoms in total. The van der Waals surface area contributed by atoms with Crippen molar-refractivity contribution in [2.75, 3.05) is 7.05 Å². The van der Waals surface area contributed by atoms with Gasteiger partial charge >= 0.3 is 18.9 Å². The maximum Gasteiger partial charge on any atom is 1.00 e. The van der Waals surface area contributed by atoms with Gasteiger partial charge in [0, 0.05) is 5.54 Å². The van der Waals surface area contributed by atoms with Crippen molar-refractivity contribution in [3.63, 3.8) is 0 Å². The second kappa shape index (κ2) is 4.14. The predicted molar refractivity (Wildman–Crippen MR) is 52.0 cm³/mol. The van der Waals surface area contributed by atoms with Crippen LogP contribution in [0.15, 0.2) is 0 Å². The van der Waals surface area contributed by atoms with Crippen molar-refractivity contribution in [1.82, 2.24) is 4.57 Å². The van der Waals surface area contributed by atoms with Gasteiger partial charge in [0.15, 0.2) is 0 Å². The Morgan fingerprint density at radius 2 is 1.36 bits per heavy atom. The molecule has 0 bridgehead atoms. The first-order valence-corrected chi connectivity index (χ1v) is 7.34. The van der Waals surface area contributed by atoms with E-state index in [1.165, 1.54) is 0 Å². The van der Waals surface area contributed by atoms with Crippen LogP contribution >= 0.6 is 0 Å². The minimum absolute atomic E-state index is 0. The molecule has 0 aromatic carbocycles. The van der Waals surface area contributed by atoms with Crippen LogP contribution in [0.4, 0.5) is 0 Å². The Labute approximate surface area is 86.3 Å². The minimum atomic E-state index is -1.06. The SMILES string of the molecule is CN(C(C)(C)C)[Si](C)(C)C.[H-].[Li+]. The van der Waals surface area contributed by atoms with E-state index in [4.69, 9.17) is 0 Å². The summed E-state index contributed by atoms with van der Waals surface area (Å²) in [5.41, 5.74) is 0.338. The van der Waals surface area contributed by atoms with Gasteiger partial charge in [0.05, 0.1) is 0 Å². The molecule has 3 heteroatoms. The maximum absolute atomic E-state index is 2.51. The van der Waals surface area contributed by atoms with Gasteiger partial charge in [0.25, 0.3) is 0 Å². The van der Waals surface area contributed by atoms with Gasteiger partial charge in [0.1, 0.15) is 8.24 Å². The molecular formula is C8H22LiNSi. The first-order chi connectivity index (χ1) is 4.15. The summed E-state index contributed by atoms with van der Waals surface area (Å²) >= 11 is 0. The molecule has 0 aliphatic heterocycles. The number of hydrogen-bond donors (Lipinski definition) is 0. The van der Waals surface area contributed by atoms with E-state index >= 15 is 0 Å². The molecular weight excluding hydrogens is 145 g/mol. The van der Waals surface area contributed by atoms with Gasteiger partial charge < -0.3 is 5.99 Å². The minimum Gasteiger partial charge on any atom is -1.00 e. The molecule has 0 spiro atoms. The summed E-state index contributed by atoms with van der Waals surface area (Å²) in [5, 5.41) is 0. The van der Waals surface area contributed by atoms with Gasteiger partial charge in [-0.25, -0.2) is 0 Å². The fourth-order valence-corrected chi connectivity index (χ4v) is 3.02. The zero-order chi connectivity index (χ0) is 8.58. The number of rotatable bonds is 1. The van der Waals surface area contributed by atoms with Crippen LogP contribution in [0.1, 0.15) is 22.2 Å². The summed E-state index contributed by atoms with van der Waals surface area (Å²) in [6.07, 6.45) is 0. The molecule has 0 aliphatic carbocycles. The third kappa shape index (κ3) is 5.08. The molecule has 11 heavy (non-hydrogen) atoms. The van der Waals surface area contributed by atoms with E-state index in [0.717, 1.165) is 0 Å². The average molecular weight is 167 g/mol. The van der Waals surface area contributed by atoms with Crippen LogP contribution in [-0.2, 0) is 0 Å². The number of nitrogens with zero attached hydrogens (tertiary/aromatic N) is 1. The van der Waals surface area contributed by atoms with E-state index in [9.17, 15) is 0 Å². The van der Waals surface area contributed by atoms with Crippen LogP contribution in [0, 0.1) is 0 Å². The first-order valence-electron chi connectivity index (χ1n) is 3.89. The molecule has 0 radical (unpaired) electrons. The molecule has 0 fully saturated rings. The zero-order valence-electron chi connectivity index (χ0n) is 10.4. The predicted octanol–water partition coefficient (Wildman–Crippen LogP) is -0.332. The summed E-state index contributed by atoms with van der Waals surface area (Å²) in [6.45, 7) is 13.9. The molecule has 0 rings (SSSR count). The van der Waals surface area contributed by atoms with Crippen molar-refractivity contribution in [2.45, 2.75) is 46.0 Å². The van der Waals surface area contributed by atoms with Crippen LogP contribution in [0.3, 0.4) is 0 Å². The molecule has 0 saturated carbocycles. The quantitative estimate of drug-likeness (QED) is 0.483. The Morgan fingerprint density at radius 1 is 1.09 bits per heavy atom. The van der Waals surface area contributed by atoms with Crippen LogP contribution in [0.5, 0.6) is 0 Å². The topological polar surface area (TPSA) is 3.24 Å². The standard InChI is InChI=1S/C8H21NSi.Li.H/c1-8(2,3)9(4)10(5,6)7;;/h1-7H3;;/q;+1;-1. The van der Waals surface area contributed by atoms with Crippen molar-refractivity contribution in [3.05, 3.63) is 0 Å². The smallest absolute Gasteiger partial charge is 1.00 e. The summed E-state index contributed by atoms with van der Waals surface area (Å²) in [4.78, 5) is 0. The summed E-state index contributed by atoms with van der Waals surface area (Å²) in [6, 6.07) is 0. The molecule has 0 atom stereocenters. The van der Waals surface area contributed by atoms with E-state index in [1.807, 2.05) is 0 Å². The van der Waals surface area contributed by atoms with E-state index in [1.54, 1.807) is 0 Å². The summed E-state index contributed by atoms with van der Waals surface area (Å²) in [5.74, 6) is 0. The molecule has 0 unspecified atom stereocenters. The van der Waals surface area contributed by atoms with Crippen molar-refractivity contribution >= 4 is 8.24 Å². The Balaban J connectivity index is -0.000000405. The zero-order valence-corrected chi connectivity index (χ0v) is 10.4. The van der Waals surface area contributed by atoms with E-state index < -0.39 is 8.24 Å². The number of hydrogen-bond acceptors (Lipinski definition) is 1. The third-order valence-corrected chi connectivity index (χ3v) is 4.70. The normalized spacial score (nSPS) is 13.1. The van der Waals surface area contributed by atoms with Crippen molar-refractivity contribution in [3.8, 4) is 0 Å². The second-order valence-corrected chi connectivity index (χ2v) is 9.91. The van der Waals surface area contributed by atoms with Gasteiger partial charge in [-0.15, -0.1) is 0 Å². The molecule has 0 aromatic heterocycles. The van der Waals surface area contributed by atoms with Crippen LogP contribution in [0.25, 0.3) is 0 Å². The second-order valence-electron chi connectivity index (χ2n) is 4.90. The van der Waals surface area contributed by atoms with E-state index in [2.05, 4.69) is 52.0 Å². The van der Waals surface area contributed by atoms with Gasteiger partial charge in [-0.3, -0.25) is 0 Å². The van der Waals surface area contributed by atoms with Crippen LogP contribution < -0.4 is 18.9 Å². The Kier molecular flexibility index (Phi) is 5.38. The molecule has 64 valence electrons. The Morgan fingerprint density at radius 3 is 1.36 bits per heavy atom. The summed E-state index contributed by atoms with van der Waals surface area (Å²) < 4.78 is 2.51. The van der Waals surface area contributed by atoms with Crippen molar-refractivity contribution in [1.29, 1.82) is 0 Å². The molecule has 0 heterocycles. The molecule has 0 saturated heterocycles. The molecule has 0 aromatic rings. The van der Waals surface area contributed by atoms with E-state index in [0.29, 0.717) is 5.54 Å². The van der Waals surface area contributed by atoms with Gasteiger partial charge in [-0.05, 0) is 27.8 Å². The van der Waals surface area contributed by atoms with Gasteiger partial charge in [0.2, 0.25) is 0 Å². The van der Waals surface area contributed by atoms with Gasteiger partial charge in [-0.2, -0.15) is 0 Å². The fraction of sp³-hybridized carbons (Fsp3) is 1.00. The van der Waals surface area contributed by atoms with Crippen LogP contribution in [-0.4, -0.2) is 25.4 Å². The monoisotopic (exact) mass is 167 g/mol. The van der Waals surface area contributed by atoms with Gasteiger partial charge in [-0.1, -0.05) is 19.6 Å². The molecule has 0 N–H and O–H groups in total. The molecule has 0 amide bonds. The molecule has 0 aliphatic rings. The third-order valence-electron chi connectivity index (χ3n) is 2.01. The van der Waals surface area contributed by atoms with E-state index in [-0.39, 0.29) is 20.3 Å². The fourth-order valence-electron chi connectivity index (χ4n) is 1.01. The Hall–Kier alpha value is 0.774. The van der Waals surface area contributed by atoms with Crippen LogP contribution in [0.2, 0.25) is 19.6 Å². The van der Waals surface area contributed by atoms with Crippen molar-refractivity contribution < 1.29 is 20.3 Å². The van der Waals surface area contributed by atoms with Crippen molar-refractivity contribution in [2.24, 2.45) is 0 Å².